The van der Waals surface area contributed by atoms with E-state index in [2.05, 4.69) is 19.3 Å². The van der Waals surface area contributed by atoms with E-state index in [1.807, 2.05) is 0 Å². The zero-order chi connectivity index (χ0) is 6.69. The van der Waals surface area contributed by atoms with Crippen LogP contribution in [-0.4, -0.2) is 10.5 Å². The lowest BCUT2D eigenvalue weighted by Gasteiger charge is -1.91. The van der Waals surface area contributed by atoms with Gasteiger partial charge in [0.2, 0.25) is 0 Å². The van der Waals surface area contributed by atoms with Crippen molar-refractivity contribution in [2.75, 3.05) is 0 Å². The molecular formula is C5H3O3Si. The SMILES string of the molecule is O=c1occcc1O[Si]. The highest BCUT2D eigenvalue weighted by molar-refractivity contribution is 5.99. The third kappa shape index (κ3) is 1.20. The summed E-state index contributed by atoms with van der Waals surface area (Å²) in [5.41, 5.74) is -0.493. The van der Waals surface area contributed by atoms with Gasteiger partial charge in [-0.15, -0.1) is 0 Å². The van der Waals surface area contributed by atoms with Crippen LogP contribution in [0.5, 0.6) is 5.75 Å². The number of hydrogen-bond donors (Lipinski definition) is 0. The third-order valence-electron chi connectivity index (χ3n) is 0.812. The predicted molar refractivity (Wildman–Crippen MR) is 31.4 cm³/mol. The van der Waals surface area contributed by atoms with Gasteiger partial charge in [0, 0.05) is 0 Å². The van der Waals surface area contributed by atoms with E-state index in [0.717, 1.165) is 0 Å². The Bertz CT molecular complexity index is 242. The smallest absolute Gasteiger partial charge is 0.377 e. The Balaban J connectivity index is 3.16. The van der Waals surface area contributed by atoms with E-state index in [9.17, 15) is 4.79 Å². The average Bonchev–Trinajstić information content (AvgIpc) is 1.89. The molecule has 0 fully saturated rings. The van der Waals surface area contributed by atoms with Crippen LogP contribution in [-0.2, 0) is 0 Å². The van der Waals surface area contributed by atoms with Crippen molar-refractivity contribution in [1.82, 2.24) is 0 Å². The van der Waals surface area contributed by atoms with E-state index < -0.39 is 5.63 Å². The van der Waals surface area contributed by atoms with Gasteiger partial charge in [-0.05, 0) is 12.1 Å². The molecule has 0 N–H and O–H groups in total. The monoisotopic (exact) mass is 139 g/mol. The fraction of sp³-hybridized carbons (Fsp3) is 0. The Morgan fingerprint density at radius 3 is 2.89 bits per heavy atom. The topological polar surface area (TPSA) is 39.4 Å². The predicted octanol–water partition coefficient (Wildman–Crippen LogP) is 0.102. The number of rotatable bonds is 1. The molecule has 1 aromatic rings. The van der Waals surface area contributed by atoms with E-state index in [4.69, 9.17) is 0 Å². The zero-order valence-electron chi connectivity index (χ0n) is 4.46. The van der Waals surface area contributed by atoms with Crippen molar-refractivity contribution >= 4 is 10.5 Å². The standard InChI is InChI=1S/C5H3O3Si/c6-5-4(8-9)2-1-3-7-5/h1-3H. The second-order valence-electron chi connectivity index (χ2n) is 1.37. The van der Waals surface area contributed by atoms with Gasteiger partial charge in [-0.2, -0.15) is 0 Å². The lowest BCUT2D eigenvalue weighted by Crippen LogP contribution is -2.02. The first kappa shape index (κ1) is 6.09. The van der Waals surface area contributed by atoms with Gasteiger partial charge >= 0.3 is 16.1 Å². The van der Waals surface area contributed by atoms with Gasteiger partial charge in [0.15, 0.2) is 5.75 Å². The molecule has 0 unspecified atom stereocenters. The molecule has 0 spiro atoms. The molecule has 0 aliphatic carbocycles. The summed E-state index contributed by atoms with van der Waals surface area (Å²) in [6.07, 6.45) is 1.29. The Kier molecular flexibility index (Phi) is 1.69. The van der Waals surface area contributed by atoms with Gasteiger partial charge < -0.3 is 8.84 Å². The second kappa shape index (κ2) is 2.50. The van der Waals surface area contributed by atoms with Crippen LogP contribution < -0.4 is 10.1 Å². The Morgan fingerprint density at radius 1 is 1.67 bits per heavy atom. The summed E-state index contributed by atoms with van der Waals surface area (Å²) in [6, 6.07) is 3.07. The molecule has 0 saturated heterocycles. The van der Waals surface area contributed by atoms with Crippen molar-refractivity contribution in [3.05, 3.63) is 28.8 Å². The number of hydrogen-bond acceptors (Lipinski definition) is 3. The molecule has 1 rings (SSSR count). The van der Waals surface area contributed by atoms with Crippen molar-refractivity contribution in [3.63, 3.8) is 0 Å². The van der Waals surface area contributed by atoms with E-state index in [1.54, 1.807) is 6.07 Å². The van der Waals surface area contributed by atoms with Crippen LogP contribution in [0.3, 0.4) is 0 Å². The summed E-state index contributed by atoms with van der Waals surface area (Å²) < 4.78 is 8.88. The van der Waals surface area contributed by atoms with E-state index in [0.29, 0.717) is 0 Å². The molecule has 4 heteroatoms. The largest absolute Gasteiger partial charge is 0.536 e. The first-order valence-corrected chi connectivity index (χ1v) is 2.67. The Morgan fingerprint density at radius 2 is 2.44 bits per heavy atom. The zero-order valence-corrected chi connectivity index (χ0v) is 5.46. The highest BCUT2D eigenvalue weighted by Crippen LogP contribution is 1.97. The van der Waals surface area contributed by atoms with Crippen molar-refractivity contribution < 1.29 is 8.84 Å². The van der Waals surface area contributed by atoms with Crippen molar-refractivity contribution in [1.29, 1.82) is 0 Å². The molecule has 45 valence electrons. The van der Waals surface area contributed by atoms with Crippen LogP contribution in [0.15, 0.2) is 27.6 Å². The first-order valence-electron chi connectivity index (χ1n) is 2.26. The summed E-state index contributed by atoms with van der Waals surface area (Å²) in [5.74, 6) is 0.147. The van der Waals surface area contributed by atoms with Crippen molar-refractivity contribution in [2.24, 2.45) is 0 Å². The van der Waals surface area contributed by atoms with Crippen LogP contribution in [0.4, 0.5) is 0 Å². The normalized spacial score (nSPS) is 9.00. The molecule has 1 heterocycles. The maximum absolute atomic E-state index is 10.5. The van der Waals surface area contributed by atoms with E-state index in [1.165, 1.54) is 12.3 Å². The van der Waals surface area contributed by atoms with Gasteiger partial charge in [-0.1, -0.05) is 0 Å². The van der Waals surface area contributed by atoms with Crippen LogP contribution in [0.1, 0.15) is 0 Å². The van der Waals surface area contributed by atoms with E-state index >= 15 is 0 Å². The van der Waals surface area contributed by atoms with Gasteiger partial charge in [0.05, 0.1) is 6.26 Å². The molecule has 0 aromatic carbocycles. The van der Waals surface area contributed by atoms with E-state index in [-0.39, 0.29) is 5.75 Å². The third-order valence-corrected chi connectivity index (χ3v) is 1.03. The molecule has 0 amide bonds. The summed E-state index contributed by atoms with van der Waals surface area (Å²) in [6.45, 7) is 0. The van der Waals surface area contributed by atoms with Crippen molar-refractivity contribution in [3.8, 4) is 5.75 Å². The molecular weight excluding hydrogens is 136 g/mol. The summed E-state index contributed by atoms with van der Waals surface area (Å²) in [5, 5.41) is 0. The molecule has 0 saturated carbocycles. The van der Waals surface area contributed by atoms with Gasteiger partial charge in [0.1, 0.15) is 0 Å². The quantitative estimate of drug-likeness (QED) is 0.518. The van der Waals surface area contributed by atoms with Crippen LogP contribution in [0.25, 0.3) is 0 Å². The highest BCUT2D eigenvalue weighted by Gasteiger charge is 1.94. The highest BCUT2D eigenvalue weighted by atomic mass is 28.2. The first-order chi connectivity index (χ1) is 4.34. The maximum Gasteiger partial charge on any atom is 0.377 e. The maximum atomic E-state index is 10.5. The van der Waals surface area contributed by atoms with Gasteiger partial charge in [-0.25, -0.2) is 4.79 Å². The van der Waals surface area contributed by atoms with Gasteiger partial charge in [-0.3, -0.25) is 0 Å². The Labute approximate surface area is 54.8 Å². The lowest BCUT2D eigenvalue weighted by molar-refractivity contribution is 0.469. The minimum absolute atomic E-state index is 0.147. The summed E-state index contributed by atoms with van der Waals surface area (Å²) in [4.78, 5) is 10.5. The summed E-state index contributed by atoms with van der Waals surface area (Å²) >= 11 is 0. The fourth-order valence-electron chi connectivity index (χ4n) is 0.430. The lowest BCUT2D eigenvalue weighted by atomic mass is 10.5. The molecule has 0 aliphatic rings. The molecule has 1 aromatic heterocycles. The molecule has 0 bridgehead atoms. The fourth-order valence-corrected chi connectivity index (χ4v) is 0.581. The van der Waals surface area contributed by atoms with Crippen LogP contribution in [0.2, 0.25) is 0 Å². The van der Waals surface area contributed by atoms with Crippen LogP contribution >= 0.6 is 0 Å². The minimum Gasteiger partial charge on any atom is -0.536 e. The molecule has 3 radical (unpaired) electrons. The summed E-state index contributed by atoms with van der Waals surface area (Å²) in [7, 11) is 2.69. The minimum atomic E-state index is -0.493. The molecule has 9 heavy (non-hydrogen) atoms. The average molecular weight is 139 g/mol. The van der Waals surface area contributed by atoms with Crippen LogP contribution in [0, 0.1) is 0 Å². The Hall–Kier alpha value is -1.03. The molecule has 0 aliphatic heterocycles. The second-order valence-corrected chi connectivity index (χ2v) is 1.57. The molecule has 0 atom stereocenters. The van der Waals surface area contributed by atoms with Crippen molar-refractivity contribution in [2.45, 2.75) is 0 Å². The molecule has 3 nitrogen and oxygen atoms in total. The van der Waals surface area contributed by atoms with Gasteiger partial charge in [0.25, 0.3) is 0 Å².